The fourth-order valence-corrected chi connectivity index (χ4v) is 3.08. The lowest BCUT2D eigenvalue weighted by molar-refractivity contribution is -0.115. The van der Waals surface area contributed by atoms with Gasteiger partial charge >= 0.3 is 0 Å². The normalized spacial score (nSPS) is 10.5. The van der Waals surface area contributed by atoms with Crippen LogP contribution in [0.2, 0.25) is 5.02 Å². The van der Waals surface area contributed by atoms with E-state index in [2.05, 4.69) is 10.3 Å². The average Bonchev–Trinajstić information content (AvgIpc) is 3.04. The number of nitrogens with one attached hydrogen (secondary N) is 1. The standard InChI is InChI=1S/C19H17ClN2O2S/c1-13-7-8-14(9-17(13)20)21-18(23)10-15-12-25-19(22-15)11-24-16-5-3-2-4-6-16/h2-9,12H,10-11H2,1H3,(H,21,23). The number of hydrogen-bond donors (Lipinski definition) is 1. The summed E-state index contributed by atoms with van der Waals surface area (Å²) in [4.78, 5) is 16.6. The summed E-state index contributed by atoms with van der Waals surface area (Å²) in [5.74, 6) is 0.675. The molecule has 25 heavy (non-hydrogen) atoms. The second kappa shape index (κ2) is 8.14. The first-order valence-electron chi connectivity index (χ1n) is 7.77. The van der Waals surface area contributed by atoms with Gasteiger partial charge in [0, 0.05) is 16.1 Å². The Bertz CT molecular complexity index is 865. The molecule has 1 amide bonds. The van der Waals surface area contributed by atoms with Gasteiger partial charge in [0.2, 0.25) is 5.91 Å². The molecule has 4 nitrogen and oxygen atoms in total. The van der Waals surface area contributed by atoms with Crippen LogP contribution in [0.4, 0.5) is 5.69 Å². The zero-order valence-electron chi connectivity index (χ0n) is 13.7. The van der Waals surface area contributed by atoms with Gasteiger partial charge in [-0.25, -0.2) is 4.98 Å². The molecule has 0 radical (unpaired) electrons. The van der Waals surface area contributed by atoms with Crippen LogP contribution in [0.1, 0.15) is 16.3 Å². The molecule has 0 aliphatic carbocycles. The predicted octanol–water partition coefficient (Wildman–Crippen LogP) is 4.87. The largest absolute Gasteiger partial charge is 0.486 e. The number of carbonyl (C=O) groups excluding carboxylic acids is 1. The Morgan fingerprint density at radius 2 is 2.04 bits per heavy atom. The molecule has 0 aliphatic heterocycles. The summed E-state index contributed by atoms with van der Waals surface area (Å²) in [5.41, 5.74) is 2.39. The maximum absolute atomic E-state index is 12.1. The van der Waals surface area contributed by atoms with Gasteiger partial charge in [0.05, 0.1) is 12.1 Å². The van der Waals surface area contributed by atoms with E-state index in [1.54, 1.807) is 6.07 Å². The minimum absolute atomic E-state index is 0.124. The topological polar surface area (TPSA) is 51.2 Å². The Morgan fingerprint density at radius 1 is 1.24 bits per heavy atom. The number of aromatic nitrogens is 1. The molecule has 1 heterocycles. The van der Waals surface area contributed by atoms with Gasteiger partial charge in [0.1, 0.15) is 17.4 Å². The molecule has 6 heteroatoms. The number of para-hydroxylation sites is 1. The van der Waals surface area contributed by atoms with Crippen LogP contribution in [0.15, 0.2) is 53.9 Å². The molecule has 0 saturated heterocycles. The molecule has 2 aromatic carbocycles. The van der Waals surface area contributed by atoms with Crippen LogP contribution in [0.3, 0.4) is 0 Å². The van der Waals surface area contributed by atoms with Crippen LogP contribution in [-0.2, 0) is 17.8 Å². The number of ether oxygens (including phenoxy) is 1. The third-order valence-corrected chi connectivity index (χ3v) is 4.78. The van der Waals surface area contributed by atoms with Gasteiger partial charge < -0.3 is 10.1 Å². The molecule has 0 fully saturated rings. The van der Waals surface area contributed by atoms with Crippen LogP contribution < -0.4 is 10.1 Å². The van der Waals surface area contributed by atoms with Gasteiger partial charge in [-0.05, 0) is 36.8 Å². The fraction of sp³-hybridized carbons (Fsp3) is 0.158. The second-order valence-corrected chi connectivity index (χ2v) is 6.87. The maximum atomic E-state index is 12.1. The molecule has 0 aliphatic rings. The average molecular weight is 373 g/mol. The van der Waals surface area contributed by atoms with Crippen molar-refractivity contribution in [3.05, 3.63) is 75.2 Å². The van der Waals surface area contributed by atoms with Crippen molar-refractivity contribution in [3.63, 3.8) is 0 Å². The number of amides is 1. The van der Waals surface area contributed by atoms with Crippen molar-refractivity contribution in [1.29, 1.82) is 0 Å². The Kier molecular flexibility index (Phi) is 5.68. The number of halogens is 1. The van der Waals surface area contributed by atoms with E-state index in [0.717, 1.165) is 22.0 Å². The Balaban J connectivity index is 1.53. The summed E-state index contributed by atoms with van der Waals surface area (Å²) in [5, 5.41) is 6.19. The SMILES string of the molecule is Cc1ccc(NC(=O)Cc2csc(COc3ccccc3)n2)cc1Cl. The van der Waals surface area contributed by atoms with E-state index in [4.69, 9.17) is 16.3 Å². The molecule has 3 aromatic rings. The fourth-order valence-electron chi connectivity index (χ4n) is 2.20. The molecule has 128 valence electrons. The first-order chi connectivity index (χ1) is 12.1. The molecule has 0 unspecified atom stereocenters. The highest BCUT2D eigenvalue weighted by molar-refractivity contribution is 7.09. The van der Waals surface area contributed by atoms with E-state index in [1.165, 1.54) is 11.3 Å². The van der Waals surface area contributed by atoms with Crippen molar-refractivity contribution >= 4 is 34.5 Å². The zero-order chi connectivity index (χ0) is 17.6. The number of carbonyl (C=O) groups is 1. The summed E-state index contributed by atoms with van der Waals surface area (Å²) in [6.45, 7) is 2.31. The molecular formula is C19H17ClN2O2S. The summed E-state index contributed by atoms with van der Waals surface area (Å²) < 4.78 is 5.66. The first-order valence-corrected chi connectivity index (χ1v) is 9.03. The van der Waals surface area contributed by atoms with Crippen molar-refractivity contribution < 1.29 is 9.53 Å². The molecule has 1 N–H and O–H groups in total. The third-order valence-electron chi connectivity index (χ3n) is 3.50. The number of thiazole rings is 1. The van der Waals surface area contributed by atoms with E-state index in [0.29, 0.717) is 17.3 Å². The van der Waals surface area contributed by atoms with Crippen molar-refractivity contribution in [1.82, 2.24) is 4.98 Å². The molecular weight excluding hydrogens is 356 g/mol. The van der Waals surface area contributed by atoms with Crippen molar-refractivity contribution in [2.75, 3.05) is 5.32 Å². The number of hydrogen-bond acceptors (Lipinski definition) is 4. The number of anilines is 1. The van der Waals surface area contributed by atoms with Crippen molar-refractivity contribution in [2.45, 2.75) is 20.0 Å². The van der Waals surface area contributed by atoms with E-state index in [-0.39, 0.29) is 12.3 Å². The van der Waals surface area contributed by atoms with Gasteiger partial charge in [0.15, 0.2) is 0 Å². The Hall–Kier alpha value is -2.37. The molecule has 1 aromatic heterocycles. The smallest absolute Gasteiger partial charge is 0.230 e. The van der Waals surface area contributed by atoms with Gasteiger partial charge in [-0.2, -0.15) is 0 Å². The minimum atomic E-state index is -0.124. The van der Waals surface area contributed by atoms with Crippen LogP contribution >= 0.6 is 22.9 Å². The molecule has 0 bridgehead atoms. The van der Waals surface area contributed by atoms with Crippen LogP contribution in [0.5, 0.6) is 5.75 Å². The Morgan fingerprint density at radius 3 is 2.80 bits per heavy atom. The quantitative estimate of drug-likeness (QED) is 0.671. The highest BCUT2D eigenvalue weighted by atomic mass is 35.5. The van der Waals surface area contributed by atoms with Gasteiger partial charge in [-0.15, -0.1) is 11.3 Å². The van der Waals surface area contributed by atoms with Crippen LogP contribution in [0, 0.1) is 6.92 Å². The lowest BCUT2D eigenvalue weighted by Gasteiger charge is -2.06. The van der Waals surface area contributed by atoms with E-state index in [9.17, 15) is 4.79 Å². The Labute approximate surface area is 155 Å². The summed E-state index contributed by atoms with van der Waals surface area (Å²) >= 11 is 7.55. The van der Waals surface area contributed by atoms with Crippen molar-refractivity contribution in [2.24, 2.45) is 0 Å². The minimum Gasteiger partial charge on any atom is -0.486 e. The number of aryl methyl sites for hydroxylation is 1. The summed E-state index contributed by atoms with van der Waals surface area (Å²) in [6, 6.07) is 15.0. The zero-order valence-corrected chi connectivity index (χ0v) is 15.2. The molecule has 0 spiro atoms. The number of nitrogens with zero attached hydrogens (tertiary/aromatic N) is 1. The van der Waals surface area contributed by atoms with Crippen molar-refractivity contribution in [3.8, 4) is 5.75 Å². The molecule has 0 saturated carbocycles. The van der Waals surface area contributed by atoms with Crippen LogP contribution in [0.25, 0.3) is 0 Å². The van der Waals surface area contributed by atoms with Crippen LogP contribution in [-0.4, -0.2) is 10.9 Å². The second-order valence-electron chi connectivity index (χ2n) is 5.52. The highest BCUT2D eigenvalue weighted by Gasteiger charge is 2.09. The van der Waals surface area contributed by atoms with E-state index >= 15 is 0 Å². The summed E-state index contributed by atoms with van der Waals surface area (Å²) in [6.07, 6.45) is 0.216. The number of benzene rings is 2. The monoisotopic (exact) mass is 372 g/mol. The lowest BCUT2D eigenvalue weighted by Crippen LogP contribution is -2.14. The van der Waals surface area contributed by atoms with E-state index < -0.39 is 0 Å². The lowest BCUT2D eigenvalue weighted by atomic mass is 10.2. The maximum Gasteiger partial charge on any atom is 0.230 e. The van der Waals surface area contributed by atoms with Gasteiger partial charge in [-0.1, -0.05) is 35.9 Å². The van der Waals surface area contributed by atoms with Gasteiger partial charge in [0.25, 0.3) is 0 Å². The predicted molar refractivity (Wildman–Crippen MR) is 101 cm³/mol. The first kappa shape index (κ1) is 17.5. The number of rotatable bonds is 6. The van der Waals surface area contributed by atoms with Gasteiger partial charge in [-0.3, -0.25) is 4.79 Å². The third kappa shape index (κ3) is 5.05. The summed E-state index contributed by atoms with van der Waals surface area (Å²) in [7, 11) is 0. The van der Waals surface area contributed by atoms with E-state index in [1.807, 2.05) is 54.8 Å². The molecule has 0 atom stereocenters. The molecule has 3 rings (SSSR count). The highest BCUT2D eigenvalue weighted by Crippen LogP contribution is 2.20.